The molecule has 0 aromatic heterocycles. The molecular weight excluding hydrogens is 142 g/mol. The maximum atomic E-state index is 10.5. The Morgan fingerprint density at radius 1 is 1.73 bits per heavy atom. The van der Waals surface area contributed by atoms with Crippen molar-refractivity contribution >= 4 is 5.97 Å². The highest BCUT2D eigenvalue weighted by molar-refractivity contribution is 5.66. The Balaban J connectivity index is 3.70. The number of esters is 1. The molecule has 62 valence electrons. The topological polar surface area (TPSA) is 50.1 Å². The van der Waals surface area contributed by atoms with Crippen molar-refractivity contribution in [2.45, 2.75) is 39.2 Å². The van der Waals surface area contributed by atoms with E-state index in [1.165, 1.54) is 6.92 Å². The molecular formula is C8H13NO2. The number of nitriles is 1. The molecule has 0 amide bonds. The second-order valence-corrected chi connectivity index (χ2v) is 2.38. The van der Waals surface area contributed by atoms with Crippen molar-refractivity contribution in [2.24, 2.45) is 0 Å². The Labute approximate surface area is 67.0 Å². The molecule has 3 nitrogen and oxygen atoms in total. The van der Waals surface area contributed by atoms with E-state index in [2.05, 4.69) is 0 Å². The Kier molecular flexibility index (Phi) is 5.18. The van der Waals surface area contributed by atoms with E-state index in [0.29, 0.717) is 6.42 Å². The van der Waals surface area contributed by atoms with Crippen molar-refractivity contribution in [3.05, 3.63) is 0 Å². The van der Waals surface area contributed by atoms with Crippen LogP contribution in [-0.4, -0.2) is 12.1 Å². The number of carbonyl (C=O) groups excluding carboxylic acids is 1. The van der Waals surface area contributed by atoms with Gasteiger partial charge in [-0.3, -0.25) is 4.79 Å². The maximum absolute atomic E-state index is 10.5. The SMILES string of the molecule is CCCC(CC#N)OC(C)=O. The predicted molar refractivity (Wildman–Crippen MR) is 40.7 cm³/mol. The second kappa shape index (κ2) is 5.72. The predicted octanol–water partition coefficient (Wildman–Crippen LogP) is 1.63. The number of hydrogen-bond acceptors (Lipinski definition) is 3. The van der Waals surface area contributed by atoms with Crippen molar-refractivity contribution in [1.82, 2.24) is 0 Å². The molecule has 1 atom stereocenters. The standard InChI is InChI=1S/C8H13NO2/c1-3-4-8(5-6-9)11-7(2)10/h8H,3-5H2,1-2H3. The van der Waals surface area contributed by atoms with Gasteiger partial charge in [0.2, 0.25) is 0 Å². The maximum Gasteiger partial charge on any atom is 0.302 e. The lowest BCUT2D eigenvalue weighted by molar-refractivity contribution is -0.146. The molecule has 0 rings (SSSR count). The molecule has 0 bridgehead atoms. The lowest BCUT2D eigenvalue weighted by Gasteiger charge is -2.11. The molecule has 0 saturated carbocycles. The Morgan fingerprint density at radius 3 is 2.73 bits per heavy atom. The van der Waals surface area contributed by atoms with Gasteiger partial charge in [0.15, 0.2) is 0 Å². The molecule has 11 heavy (non-hydrogen) atoms. The summed E-state index contributed by atoms with van der Waals surface area (Å²) in [4.78, 5) is 10.5. The number of rotatable bonds is 4. The number of carbonyl (C=O) groups is 1. The highest BCUT2D eigenvalue weighted by Gasteiger charge is 2.09. The van der Waals surface area contributed by atoms with E-state index in [0.717, 1.165) is 12.8 Å². The van der Waals surface area contributed by atoms with Crippen LogP contribution >= 0.6 is 0 Å². The molecule has 0 heterocycles. The van der Waals surface area contributed by atoms with Gasteiger partial charge in [-0.25, -0.2) is 0 Å². The minimum atomic E-state index is -0.307. The lowest BCUT2D eigenvalue weighted by atomic mass is 10.1. The van der Waals surface area contributed by atoms with E-state index in [1.807, 2.05) is 13.0 Å². The largest absolute Gasteiger partial charge is 0.461 e. The lowest BCUT2D eigenvalue weighted by Crippen LogP contribution is -2.15. The normalized spacial score (nSPS) is 11.7. The Bertz CT molecular complexity index is 160. The van der Waals surface area contributed by atoms with Crippen LogP contribution in [0.4, 0.5) is 0 Å². The van der Waals surface area contributed by atoms with Gasteiger partial charge < -0.3 is 4.74 Å². The first-order valence-corrected chi connectivity index (χ1v) is 3.74. The molecule has 1 unspecified atom stereocenters. The summed E-state index contributed by atoms with van der Waals surface area (Å²) in [5.41, 5.74) is 0. The average Bonchev–Trinajstić information content (AvgIpc) is 1.87. The summed E-state index contributed by atoms with van der Waals surface area (Å²) < 4.78 is 4.87. The molecule has 0 saturated heterocycles. The third-order valence-corrected chi connectivity index (χ3v) is 1.26. The Morgan fingerprint density at radius 2 is 2.36 bits per heavy atom. The van der Waals surface area contributed by atoms with Crippen LogP contribution in [0.1, 0.15) is 33.1 Å². The fourth-order valence-electron chi connectivity index (χ4n) is 0.861. The third-order valence-electron chi connectivity index (χ3n) is 1.26. The summed E-state index contributed by atoms with van der Waals surface area (Å²) in [5, 5.41) is 8.33. The van der Waals surface area contributed by atoms with Gasteiger partial charge in [0.1, 0.15) is 6.10 Å². The highest BCUT2D eigenvalue weighted by Crippen LogP contribution is 2.05. The van der Waals surface area contributed by atoms with Crippen LogP contribution in [0.15, 0.2) is 0 Å². The van der Waals surface area contributed by atoms with E-state index in [-0.39, 0.29) is 12.1 Å². The molecule has 3 heteroatoms. The third kappa shape index (κ3) is 5.41. The Hall–Kier alpha value is -1.04. The monoisotopic (exact) mass is 155 g/mol. The van der Waals surface area contributed by atoms with Crippen molar-refractivity contribution in [1.29, 1.82) is 5.26 Å². The molecule has 0 spiro atoms. The molecule has 0 fully saturated rings. The highest BCUT2D eigenvalue weighted by atomic mass is 16.5. The molecule has 0 aromatic carbocycles. The first-order chi connectivity index (χ1) is 5.20. The van der Waals surface area contributed by atoms with Crippen molar-refractivity contribution in [3.8, 4) is 6.07 Å². The van der Waals surface area contributed by atoms with Crippen LogP contribution in [0.5, 0.6) is 0 Å². The van der Waals surface area contributed by atoms with Crippen molar-refractivity contribution < 1.29 is 9.53 Å². The van der Waals surface area contributed by atoms with E-state index in [1.54, 1.807) is 0 Å². The van der Waals surface area contributed by atoms with Gasteiger partial charge in [-0.15, -0.1) is 0 Å². The zero-order chi connectivity index (χ0) is 8.69. The summed E-state index contributed by atoms with van der Waals surface area (Å²) in [7, 11) is 0. The zero-order valence-electron chi connectivity index (χ0n) is 6.96. The van der Waals surface area contributed by atoms with Gasteiger partial charge in [0, 0.05) is 6.92 Å². The summed E-state index contributed by atoms with van der Waals surface area (Å²) in [6.45, 7) is 3.36. The summed E-state index contributed by atoms with van der Waals surface area (Å²) in [6, 6.07) is 1.98. The number of ether oxygens (including phenoxy) is 1. The van der Waals surface area contributed by atoms with Crippen LogP contribution in [0.25, 0.3) is 0 Å². The molecule has 0 radical (unpaired) electrons. The zero-order valence-corrected chi connectivity index (χ0v) is 6.96. The van der Waals surface area contributed by atoms with Gasteiger partial charge in [-0.2, -0.15) is 5.26 Å². The van der Waals surface area contributed by atoms with Gasteiger partial charge in [0.25, 0.3) is 0 Å². The van der Waals surface area contributed by atoms with Crippen LogP contribution in [-0.2, 0) is 9.53 Å². The molecule has 0 aliphatic heterocycles. The minimum absolute atomic E-state index is 0.206. The fourth-order valence-corrected chi connectivity index (χ4v) is 0.861. The van der Waals surface area contributed by atoms with Crippen LogP contribution < -0.4 is 0 Å². The van der Waals surface area contributed by atoms with Crippen LogP contribution in [0.2, 0.25) is 0 Å². The van der Waals surface area contributed by atoms with Crippen molar-refractivity contribution in [2.75, 3.05) is 0 Å². The van der Waals surface area contributed by atoms with E-state index < -0.39 is 0 Å². The van der Waals surface area contributed by atoms with Crippen molar-refractivity contribution in [3.63, 3.8) is 0 Å². The van der Waals surface area contributed by atoms with E-state index in [9.17, 15) is 4.79 Å². The van der Waals surface area contributed by atoms with Gasteiger partial charge in [-0.05, 0) is 6.42 Å². The second-order valence-electron chi connectivity index (χ2n) is 2.38. The summed E-state index contributed by atoms with van der Waals surface area (Å²) >= 11 is 0. The number of nitrogens with zero attached hydrogens (tertiary/aromatic N) is 1. The van der Waals surface area contributed by atoms with E-state index >= 15 is 0 Å². The van der Waals surface area contributed by atoms with E-state index in [4.69, 9.17) is 10.00 Å². The first kappa shape index (κ1) is 9.96. The smallest absolute Gasteiger partial charge is 0.302 e. The first-order valence-electron chi connectivity index (χ1n) is 3.74. The quantitative estimate of drug-likeness (QED) is 0.580. The summed E-state index contributed by atoms with van der Waals surface area (Å²) in [5.74, 6) is -0.307. The average molecular weight is 155 g/mol. The van der Waals surface area contributed by atoms with Gasteiger partial charge >= 0.3 is 5.97 Å². The molecule has 0 aliphatic carbocycles. The number of hydrogen-bond donors (Lipinski definition) is 0. The summed E-state index contributed by atoms with van der Waals surface area (Å²) in [6.07, 6.45) is 1.79. The molecule has 0 N–H and O–H groups in total. The molecule has 0 aromatic rings. The molecule has 0 aliphatic rings. The minimum Gasteiger partial charge on any atom is -0.461 e. The van der Waals surface area contributed by atoms with Gasteiger partial charge in [0.05, 0.1) is 12.5 Å². The fraction of sp³-hybridized carbons (Fsp3) is 0.750. The van der Waals surface area contributed by atoms with Gasteiger partial charge in [-0.1, -0.05) is 13.3 Å². The van der Waals surface area contributed by atoms with Crippen LogP contribution in [0.3, 0.4) is 0 Å². The van der Waals surface area contributed by atoms with Crippen LogP contribution in [0, 0.1) is 11.3 Å².